The highest BCUT2D eigenvalue weighted by Gasteiger charge is 2.19. The number of carbonyl (C=O) groups excluding carboxylic acids is 3. The second-order valence-electron chi connectivity index (χ2n) is 19.5. The molecule has 0 radical (unpaired) electrons. The maximum atomic E-state index is 12.7. The monoisotopic (exact) mass is 1030 g/mol. The summed E-state index contributed by atoms with van der Waals surface area (Å²) in [5, 5.41) is 0. The Labute approximate surface area is 461 Å². The van der Waals surface area contributed by atoms with Crippen molar-refractivity contribution in [1.29, 1.82) is 0 Å². The third-order valence-electron chi connectivity index (χ3n) is 12.4. The standard InChI is InChI=1S/C69H110O6/c1-4-7-10-13-16-18-20-22-24-25-26-27-28-29-30-31-32-33-34-35-36-37-38-39-40-41-42-43-45-46-48-50-53-56-59-62-68(71)74-65-66(64-73-67(70)61-58-55-52-15-12-9-6-3)75-69(72)63-60-57-54-51-49-47-44-23-21-19-17-14-11-8-5-2/h7-8,10-11,16-19,22-24,26-27,29-30,32-33,35-36,44,49,51,57,60,66H,4-6,9,12-15,20-21,25,28,31,34,37-43,45-48,50,52-56,58-59,61-65H2,1-3H3/b10-7-,11-8-,18-16-,19-17-,24-22-,27-26-,30-29-,33-32-,36-35-,44-23-,51-49-,60-57-. The summed E-state index contributed by atoms with van der Waals surface area (Å²) in [4.78, 5) is 37.9. The van der Waals surface area contributed by atoms with E-state index >= 15 is 0 Å². The van der Waals surface area contributed by atoms with Gasteiger partial charge in [-0.05, 0) is 103 Å². The zero-order chi connectivity index (χ0) is 54.3. The molecule has 1 unspecified atom stereocenters. The molecule has 0 amide bonds. The van der Waals surface area contributed by atoms with E-state index in [0.717, 1.165) is 116 Å². The molecular weight excluding hydrogens is 925 g/mol. The van der Waals surface area contributed by atoms with E-state index in [0.29, 0.717) is 12.8 Å². The van der Waals surface area contributed by atoms with Crippen LogP contribution in [-0.2, 0) is 28.6 Å². The van der Waals surface area contributed by atoms with Gasteiger partial charge < -0.3 is 14.2 Å². The first kappa shape index (κ1) is 70.3. The van der Waals surface area contributed by atoms with E-state index in [1.807, 2.05) is 6.08 Å². The zero-order valence-corrected chi connectivity index (χ0v) is 48.3. The van der Waals surface area contributed by atoms with Gasteiger partial charge in [-0.15, -0.1) is 0 Å². The van der Waals surface area contributed by atoms with Gasteiger partial charge in [-0.25, -0.2) is 0 Å². The van der Waals surface area contributed by atoms with Crippen LogP contribution in [0.3, 0.4) is 0 Å². The number of carbonyl (C=O) groups is 3. The molecule has 0 saturated carbocycles. The second-order valence-corrected chi connectivity index (χ2v) is 19.5. The zero-order valence-electron chi connectivity index (χ0n) is 48.3. The van der Waals surface area contributed by atoms with Gasteiger partial charge in [0, 0.05) is 12.8 Å². The molecule has 0 aliphatic rings. The topological polar surface area (TPSA) is 78.9 Å². The van der Waals surface area contributed by atoms with Crippen LogP contribution in [0, 0.1) is 0 Å². The lowest BCUT2D eigenvalue weighted by Crippen LogP contribution is -2.30. The van der Waals surface area contributed by atoms with E-state index in [4.69, 9.17) is 14.2 Å². The number of rotatable bonds is 53. The van der Waals surface area contributed by atoms with E-state index < -0.39 is 12.1 Å². The Morgan fingerprint density at radius 1 is 0.293 bits per heavy atom. The second kappa shape index (κ2) is 61.8. The highest BCUT2D eigenvalue weighted by atomic mass is 16.6. The summed E-state index contributed by atoms with van der Waals surface area (Å²) >= 11 is 0. The summed E-state index contributed by atoms with van der Waals surface area (Å²) in [6.45, 7) is 6.27. The van der Waals surface area contributed by atoms with Crippen LogP contribution >= 0.6 is 0 Å². The molecule has 0 heterocycles. The number of ether oxygens (including phenoxy) is 3. The third-order valence-corrected chi connectivity index (χ3v) is 12.4. The molecule has 0 aliphatic heterocycles. The van der Waals surface area contributed by atoms with Gasteiger partial charge in [0.2, 0.25) is 0 Å². The number of hydrogen-bond donors (Lipinski definition) is 0. The molecular formula is C69H110O6. The van der Waals surface area contributed by atoms with Crippen molar-refractivity contribution in [1.82, 2.24) is 0 Å². The lowest BCUT2D eigenvalue weighted by Gasteiger charge is -2.18. The number of esters is 3. The van der Waals surface area contributed by atoms with Gasteiger partial charge in [0.25, 0.3) is 0 Å². The van der Waals surface area contributed by atoms with E-state index in [1.165, 1.54) is 96.3 Å². The minimum absolute atomic E-state index is 0.0935. The lowest BCUT2D eigenvalue weighted by atomic mass is 10.0. The predicted molar refractivity (Wildman–Crippen MR) is 325 cm³/mol. The summed E-state index contributed by atoms with van der Waals surface area (Å²) in [5.41, 5.74) is 0. The Morgan fingerprint density at radius 2 is 0.560 bits per heavy atom. The van der Waals surface area contributed by atoms with Gasteiger partial charge in [-0.1, -0.05) is 276 Å². The minimum atomic E-state index is -0.833. The third kappa shape index (κ3) is 60.0. The molecule has 0 fully saturated rings. The molecule has 0 aliphatic carbocycles. The van der Waals surface area contributed by atoms with Crippen molar-refractivity contribution < 1.29 is 28.6 Å². The number of unbranched alkanes of at least 4 members (excludes halogenated alkanes) is 19. The first-order chi connectivity index (χ1) is 37.0. The summed E-state index contributed by atoms with van der Waals surface area (Å²) in [7, 11) is 0. The molecule has 0 aromatic rings. The fourth-order valence-electron chi connectivity index (χ4n) is 7.91. The molecule has 75 heavy (non-hydrogen) atoms. The van der Waals surface area contributed by atoms with Gasteiger partial charge in [-0.2, -0.15) is 0 Å². The molecule has 6 nitrogen and oxygen atoms in total. The first-order valence-corrected chi connectivity index (χ1v) is 30.3. The average Bonchev–Trinajstić information content (AvgIpc) is 3.41. The van der Waals surface area contributed by atoms with Crippen molar-refractivity contribution >= 4 is 17.9 Å². The molecule has 0 bridgehead atoms. The fraction of sp³-hybridized carbons (Fsp3) is 0.609. The molecule has 0 saturated heterocycles. The first-order valence-electron chi connectivity index (χ1n) is 30.3. The van der Waals surface area contributed by atoms with Crippen molar-refractivity contribution in [2.45, 2.75) is 258 Å². The minimum Gasteiger partial charge on any atom is -0.462 e. The summed E-state index contributed by atoms with van der Waals surface area (Å²) in [5.74, 6) is -1.06. The van der Waals surface area contributed by atoms with Crippen LogP contribution in [0.25, 0.3) is 0 Å². The smallest absolute Gasteiger partial charge is 0.310 e. The Balaban J connectivity index is 4.12. The maximum absolute atomic E-state index is 12.7. The van der Waals surface area contributed by atoms with E-state index in [9.17, 15) is 14.4 Å². The molecule has 6 heteroatoms. The van der Waals surface area contributed by atoms with Gasteiger partial charge in [-0.3, -0.25) is 14.4 Å². The largest absolute Gasteiger partial charge is 0.462 e. The van der Waals surface area contributed by atoms with Crippen molar-refractivity contribution in [3.63, 3.8) is 0 Å². The van der Waals surface area contributed by atoms with Crippen LogP contribution in [0.5, 0.6) is 0 Å². The number of hydrogen-bond acceptors (Lipinski definition) is 6. The Bertz CT molecular complexity index is 1660. The van der Waals surface area contributed by atoms with Crippen LogP contribution in [-0.4, -0.2) is 37.2 Å². The molecule has 0 aromatic heterocycles. The predicted octanol–water partition coefficient (Wildman–Crippen LogP) is 20.8. The summed E-state index contributed by atoms with van der Waals surface area (Å²) < 4.78 is 16.7. The summed E-state index contributed by atoms with van der Waals surface area (Å²) in [6, 6.07) is 0. The Hall–Kier alpha value is -4.71. The van der Waals surface area contributed by atoms with Crippen molar-refractivity contribution in [3.8, 4) is 0 Å². The van der Waals surface area contributed by atoms with Crippen LogP contribution < -0.4 is 0 Å². The van der Waals surface area contributed by atoms with Crippen LogP contribution in [0.1, 0.15) is 252 Å². The van der Waals surface area contributed by atoms with E-state index in [1.54, 1.807) is 6.08 Å². The van der Waals surface area contributed by atoms with Gasteiger partial charge in [0.05, 0.1) is 6.42 Å². The maximum Gasteiger partial charge on any atom is 0.310 e. The average molecular weight is 1040 g/mol. The van der Waals surface area contributed by atoms with Crippen LogP contribution in [0.2, 0.25) is 0 Å². The van der Waals surface area contributed by atoms with Crippen molar-refractivity contribution in [2.24, 2.45) is 0 Å². The van der Waals surface area contributed by atoms with Crippen molar-refractivity contribution in [3.05, 3.63) is 146 Å². The SMILES string of the molecule is CC/C=C\C/C=C\C/C=C\C/C=C\C/C=C\C/C=C\C/C=C\CCCCCCCCCCCCCCCC(=O)OCC(COC(=O)CCCCCCCCC)OC(=O)C/C=C\C/C=C\C/C=C\C/C=C\C/C=C\CC. The normalized spacial score (nSPS) is 13.2. The molecule has 0 aromatic carbocycles. The lowest BCUT2D eigenvalue weighted by molar-refractivity contribution is -0.166. The Morgan fingerprint density at radius 3 is 0.880 bits per heavy atom. The van der Waals surface area contributed by atoms with Gasteiger partial charge >= 0.3 is 17.9 Å². The fourth-order valence-corrected chi connectivity index (χ4v) is 7.91. The molecule has 1 atom stereocenters. The number of allylic oxidation sites excluding steroid dienone is 23. The molecule has 422 valence electrons. The highest BCUT2D eigenvalue weighted by Crippen LogP contribution is 2.15. The molecule has 0 N–H and O–H groups in total. The molecule has 0 rings (SSSR count). The van der Waals surface area contributed by atoms with Crippen molar-refractivity contribution in [2.75, 3.05) is 13.2 Å². The molecule has 0 spiro atoms. The van der Waals surface area contributed by atoms with Gasteiger partial charge in [0.1, 0.15) is 13.2 Å². The van der Waals surface area contributed by atoms with E-state index in [-0.39, 0.29) is 31.6 Å². The van der Waals surface area contributed by atoms with Gasteiger partial charge in [0.15, 0.2) is 6.10 Å². The van der Waals surface area contributed by atoms with E-state index in [2.05, 4.69) is 154 Å². The van der Waals surface area contributed by atoms with Crippen LogP contribution in [0.15, 0.2) is 146 Å². The quantitative estimate of drug-likeness (QED) is 0.0261. The summed E-state index contributed by atoms with van der Waals surface area (Å²) in [6.07, 6.45) is 89.1. The van der Waals surface area contributed by atoms with Crippen LogP contribution in [0.4, 0.5) is 0 Å². The Kier molecular flexibility index (Phi) is 58.0. The highest BCUT2D eigenvalue weighted by molar-refractivity contribution is 5.72.